The summed E-state index contributed by atoms with van der Waals surface area (Å²) >= 11 is 0. The Morgan fingerprint density at radius 3 is 2.12 bits per heavy atom. The van der Waals surface area contributed by atoms with Gasteiger partial charge in [-0.05, 0) is 52.0 Å². The van der Waals surface area contributed by atoms with Crippen LogP contribution in [0.4, 0.5) is 0 Å². The van der Waals surface area contributed by atoms with Crippen molar-refractivity contribution in [1.29, 1.82) is 0 Å². The standard InChI is InChI=1S/C19H33N3O2/c1-15(19(24)20-11-5-3-4-6-12-20)21-13-7-9-17(21)18-10-8-14-22(18)16(2)23/h15,17-18H,3-14H2,1-2H3/t15-,17-,18+/m0/s1. The van der Waals surface area contributed by atoms with Gasteiger partial charge in [0.15, 0.2) is 0 Å². The van der Waals surface area contributed by atoms with E-state index in [9.17, 15) is 9.59 Å². The molecule has 0 unspecified atom stereocenters. The zero-order valence-electron chi connectivity index (χ0n) is 15.4. The van der Waals surface area contributed by atoms with E-state index < -0.39 is 0 Å². The van der Waals surface area contributed by atoms with Crippen molar-refractivity contribution >= 4 is 11.8 Å². The molecule has 3 heterocycles. The second-order valence-corrected chi connectivity index (χ2v) is 7.78. The van der Waals surface area contributed by atoms with Gasteiger partial charge in [0.1, 0.15) is 0 Å². The van der Waals surface area contributed by atoms with Gasteiger partial charge in [0.25, 0.3) is 0 Å². The molecular weight excluding hydrogens is 302 g/mol. The molecule has 0 N–H and O–H groups in total. The van der Waals surface area contributed by atoms with Crippen molar-refractivity contribution in [3.63, 3.8) is 0 Å². The highest BCUT2D eigenvalue weighted by atomic mass is 16.2. The lowest BCUT2D eigenvalue weighted by Crippen LogP contribution is -2.54. The molecule has 3 aliphatic rings. The van der Waals surface area contributed by atoms with Crippen LogP contribution in [0, 0.1) is 0 Å². The molecular formula is C19H33N3O2. The molecule has 0 aromatic rings. The maximum atomic E-state index is 13.0. The summed E-state index contributed by atoms with van der Waals surface area (Å²) < 4.78 is 0. The van der Waals surface area contributed by atoms with Crippen molar-refractivity contribution in [3.8, 4) is 0 Å². The van der Waals surface area contributed by atoms with E-state index in [2.05, 4.69) is 16.7 Å². The summed E-state index contributed by atoms with van der Waals surface area (Å²) in [7, 11) is 0. The first kappa shape index (κ1) is 17.7. The molecule has 0 radical (unpaired) electrons. The van der Waals surface area contributed by atoms with E-state index in [0.29, 0.717) is 18.0 Å². The summed E-state index contributed by atoms with van der Waals surface area (Å²) in [6.07, 6.45) is 9.23. The summed E-state index contributed by atoms with van der Waals surface area (Å²) in [6, 6.07) is 0.622. The number of hydrogen-bond donors (Lipinski definition) is 0. The molecule has 0 bridgehead atoms. The third-order valence-electron chi connectivity index (χ3n) is 6.26. The normalized spacial score (nSPS) is 30.4. The first-order valence-electron chi connectivity index (χ1n) is 9.91. The van der Waals surface area contributed by atoms with E-state index in [1.807, 2.05) is 4.90 Å². The van der Waals surface area contributed by atoms with Gasteiger partial charge < -0.3 is 9.80 Å². The number of rotatable bonds is 3. The van der Waals surface area contributed by atoms with Crippen LogP contribution in [0.25, 0.3) is 0 Å². The highest BCUT2D eigenvalue weighted by Crippen LogP contribution is 2.31. The fourth-order valence-electron chi connectivity index (χ4n) is 4.99. The van der Waals surface area contributed by atoms with Gasteiger partial charge in [-0.1, -0.05) is 12.8 Å². The van der Waals surface area contributed by atoms with E-state index in [0.717, 1.165) is 64.7 Å². The average molecular weight is 335 g/mol. The van der Waals surface area contributed by atoms with Gasteiger partial charge in [-0.3, -0.25) is 14.5 Å². The highest BCUT2D eigenvalue weighted by molar-refractivity contribution is 5.81. The summed E-state index contributed by atoms with van der Waals surface area (Å²) in [4.78, 5) is 31.5. The minimum atomic E-state index is -0.0509. The molecule has 0 saturated carbocycles. The van der Waals surface area contributed by atoms with Crippen molar-refractivity contribution in [2.75, 3.05) is 26.2 Å². The molecule has 3 aliphatic heterocycles. The topological polar surface area (TPSA) is 43.9 Å². The van der Waals surface area contributed by atoms with Gasteiger partial charge in [0, 0.05) is 38.6 Å². The zero-order chi connectivity index (χ0) is 17.1. The third kappa shape index (κ3) is 3.61. The van der Waals surface area contributed by atoms with Crippen LogP contribution in [-0.4, -0.2) is 70.8 Å². The lowest BCUT2D eigenvalue weighted by Gasteiger charge is -2.38. The fourth-order valence-corrected chi connectivity index (χ4v) is 4.99. The molecule has 0 aromatic carbocycles. The van der Waals surface area contributed by atoms with E-state index in [-0.39, 0.29) is 11.9 Å². The number of hydrogen-bond acceptors (Lipinski definition) is 3. The van der Waals surface area contributed by atoms with Gasteiger partial charge in [0.2, 0.25) is 11.8 Å². The number of carbonyl (C=O) groups is 2. The van der Waals surface area contributed by atoms with Crippen molar-refractivity contribution in [2.24, 2.45) is 0 Å². The van der Waals surface area contributed by atoms with Crippen LogP contribution in [-0.2, 0) is 9.59 Å². The van der Waals surface area contributed by atoms with Crippen LogP contribution >= 0.6 is 0 Å². The third-order valence-corrected chi connectivity index (χ3v) is 6.26. The Kier molecular flexibility index (Phi) is 5.80. The Morgan fingerprint density at radius 2 is 1.46 bits per heavy atom. The second-order valence-electron chi connectivity index (χ2n) is 7.78. The predicted octanol–water partition coefficient (Wildman–Crippen LogP) is 2.25. The van der Waals surface area contributed by atoms with Crippen molar-refractivity contribution in [2.45, 2.75) is 83.3 Å². The lowest BCUT2D eigenvalue weighted by atomic mass is 10.0. The number of likely N-dealkylation sites (tertiary alicyclic amines) is 3. The summed E-state index contributed by atoms with van der Waals surface area (Å²) in [5, 5.41) is 0. The van der Waals surface area contributed by atoms with Gasteiger partial charge in [0.05, 0.1) is 6.04 Å². The summed E-state index contributed by atoms with van der Waals surface area (Å²) in [6.45, 7) is 7.49. The molecule has 3 saturated heterocycles. The molecule has 5 heteroatoms. The summed E-state index contributed by atoms with van der Waals surface area (Å²) in [5.41, 5.74) is 0. The quantitative estimate of drug-likeness (QED) is 0.794. The Morgan fingerprint density at radius 1 is 0.833 bits per heavy atom. The van der Waals surface area contributed by atoms with Crippen molar-refractivity contribution < 1.29 is 9.59 Å². The molecule has 136 valence electrons. The molecule has 5 nitrogen and oxygen atoms in total. The van der Waals surface area contributed by atoms with Crippen LogP contribution in [0.2, 0.25) is 0 Å². The molecule has 3 fully saturated rings. The lowest BCUT2D eigenvalue weighted by molar-refractivity contribution is -0.137. The predicted molar refractivity (Wildman–Crippen MR) is 94.6 cm³/mol. The number of amides is 2. The Labute approximate surface area is 146 Å². The van der Waals surface area contributed by atoms with Crippen LogP contribution in [0.1, 0.15) is 65.2 Å². The molecule has 3 atom stereocenters. The summed E-state index contributed by atoms with van der Waals surface area (Å²) in [5.74, 6) is 0.493. The van der Waals surface area contributed by atoms with Crippen LogP contribution in [0.3, 0.4) is 0 Å². The van der Waals surface area contributed by atoms with E-state index in [4.69, 9.17) is 0 Å². The Bertz CT molecular complexity index is 460. The van der Waals surface area contributed by atoms with Crippen LogP contribution in [0.15, 0.2) is 0 Å². The van der Waals surface area contributed by atoms with Gasteiger partial charge in [-0.2, -0.15) is 0 Å². The minimum Gasteiger partial charge on any atom is -0.341 e. The Balaban J connectivity index is 1.67. The van der Waals surface area contributed by atoms with Crippen molar-refractivity contribution in [1.82, 2.24) is 14.7 Å². The average Bonchev–Trinajstić information content (AvgIpc) is 3.16. The largest absolute Gasteiger partial charge is 0.341 e. The second kappa shape index (κ2) is 7.85. The van der Waals surface area contributed by atoms with Crippen LogP contribution in [0.5, 0.6) is 0 Å². The SMILES string of the molecule is CC(=O)N1CCC[C@@H]1[C@@H]1CCCN1[C@@H](C)C(=O)N1CCCCCC1. The first-order chi connectivity index (χ1) is 11.6. The molecule has 0 spiro atoms. The number of carbonyl (C=O) groups excluding carboxylic acids is 2. The van der Waals surface area contributed by atoms with Gasteiger partial charge in [-0.15, -0.1) is 0 Å². The van der Waals surface area contributed by atoms with Gasteiger partial charge in [-0.25, -0.2) is 0 Å². The van der Waals surface area contributed by atoms with Crippen molar-refractivity contribution in [3.05, 3.63) is 0 Å². The molecule has 0 aromatic heterocycles. The minimum absolute atomic E-state index is 0.0509. The van der Waals surface area contributed by atoms with E-state index >= 15 is 0 Å². The zero-order valence-corrected chi connectivity index (χ0v) is 15.4. The van der Waals surface area contributed by atoms with Gasteiger partial charge >= 0.3 is 0 Å². The smallest absolute Gasteiger partial charge is 0.239 e. The molecule has 2 amide bonds. The number of nitrogens with zero attached hydrogens (tertiary/aromatic N) is 3. The first-order valence-corrected chi connectivity index (χ1v) is 9.91. The maximum Gasteiger partial charge on any atom is 0.239 e. The Hall–Kier alpha value is -1.10. The van der Waals surface area contributed by atoms with E-state index in [1.165, 1.54) is 12.8 Å². The maximum absolute atomic E-state index is 13.0. The monoisotopic (exact) mass is 335 g/mol. The molecule has 0 aliphatic carbocycles. The van der Waals surface area contributed by atoms with Crippen LogP contribution < -0.4 is 0 Å². The molecule has 3 rings (SSSR count). The van der Waals surface area contributed by atoms with E-state index in [1.54, 1.807) is 6.92 Å². The molecule has 24 heavy (non-hydrogen) atoms. The highest BCUT2D eigenvalue weighted by Gasteiger charge is 2.42. The fraction of sp³-hybridized carbons (Fsp3) is 0.895.